The number of likely N-dealkylation sites (tertiary alicyclic amines) is 1. The summed E-state index contributed by atoms with van der Waals surface area (Å²) in [6.45, 7) is 2.48. The summed E-state index contributed by atoms with van der Waals surface area (Å²) in [6.07, 6.45) is 2.62. The van der Waals surface area contributed by atoms with Gasteiger partial charge in [-0.3, -0.25) is 4.79 Å². The monoisotopic (exact) mass is 343 g/mol. The van der Waals surface area contributed by atoms with Gasteiger partial charge in [-0.2, -0.15) is 0 Å². The molecule has 0 saturated carbocycles. The number of carbonyl (C=O) groups is 1. The van der Waals surface area contributed by atoms with Gasteiger partial charge in [0.25, 0.3) is 0 Å². The molecule has 2 atom stereocenters. The molecule has 0 unspecified atom stereocenters. The molecule has 3 rings (SSSR count). The lowest BCUT2D eigenvalue weighted by molar-refractivity contribution is -0.131. The smallest absolute Gasteiger partial charge is 0.227 e. The number of piperidine rings is 1. The van der Waals surface area contributed by atoms with Crippen molar-refractivity contribution in [1.82, 2.24) is 25.0 Å². The van der Waals surface area contributed by atoms with Crippen molar-refractivity contribution in [2.24, 2.45) is 5.92 Å². The molecule has 1 aromatic carbocycles. The van der Waals surface area contributed by atoms with E-state index in [1.165, 1.54) is 5.56 Å². The molecule has 7 heteroatoms. The Labute approximate surface area is 147 Å². The Kier molecular flexibility index (Phi) is 5.78. The number of hydrogen-bond donors (Lipinski definition) is 2. The zero-order chi connectivity index (χ0) is 17.6. The molecule has 2 heterocycles. The molecule has 134 valence electrons. The molecule has 1 aliphatic heterocycles. The maximum atomic E-state index is 12.4. The standard InChI is InChI=1S/C18H25N5O2/c1-22-9-8-16(24)15(12-22)18(25)19-11-17-21-20-13-23(17)10-7-14-5-3-2-4-6-14/h2-6,13,15-16,24H,7-12H2,1H3,(H,19,25)/t15-,16+/m1/s1. The first kappa shape index (κ1) is 17.6. The summed E-state index contributed by atoms with van der Waals surface area (Å²) in [5.41, 5.74) is 1.25. The second-order valence-corrected chi connectivity index (χ2v) is 6.62. The lowest BCUT2D eigenvalue weighted by atomic mass is 9.94. The van der Waals surface area contributed by atoms with Crippen LogP contribution in [0.5, 0.6) is 0 Å². The number of aliphatic hydroxyl groups excluding tert-OH is 1. The van der Waals surface area contributed by atoms with Crippen LogP contribution < -0.4 is 5.32 Å². The third kappa shape index (κ3) is 4.64. The molecular weight excluding hydrogens is 318 g/mol. The Morgan fingerprint density at radius 3 is 2.96 bits per heavy atom. The largest absolute Gasteiger partial charge is 0.392 e. The van der Waals surface area contributed by atoms with E-state index in [1.54, 1.807) is 6.33 Å². The Balaban J connectivity index is 1.53. The molecule has 25 heavy (non-hydrogen) atoms. The van der Waals surface area contributed by atoms with Crippen molar-refractivity contribution in [3.8, 4) is 0 Å². The van der Waals surface area contributed by atoms with E-state index in [4.69, 9.17) is 0 Å². The van der Waals surface area contributed by atoms with Gasteiger partial charge in [0.1, 0.15) is 6.33 Å². The van der Waals surface area contributed by atoms with E-state index >= 15 is 0 Å². The second-order valence-electron chi connectivity index (χ2n) is 6.62. The maximum absolute atomic E-state index is 12.4. The minimum Gasteiger partial charge on any atom is -0.392 e. The number of benzene rings is 1. The van der Waals surface area contributed by atoms with Gasteiger partial charge < -0.3 is 19.9 Å². The summed E-state index contributed by atoms with van der Waals surface area (Å²) in [7, 11) is 1.96. The summed E-state index contributed by atoms with van der Waals surface area (Å²) >= 11 is 0. The second kappa shape index (κ2) is 8.22. The van der Waals surface area contributed by atoms with Gasteiger partial charge in [0.2, 0.25) is 5.91 Å². The van der Waals surface area contributed by atoms with Crippen molar-refractivity contribution in [2.75, 3.05) is 20.1 Å². The number of nitrogens with zero attached hydrogens (tertiary/aromatic N) is 4. The molecule has 0 radical (unpaired) electrons. The van der Waals surface area contributed by atoms with Gasteiger partial charge in [-0.25, -0.2) is 0 Å². The molecule has 1 amide bonds. The van der Waals surface area contributed by atoms with E-state index in [2.05, 4.69) is 32.5 Å². The van der Waals surface area contributed by atoms with Crippen LogP contribution in [0.15, 0.2) is 36.7 Å². The van der Waals surface area contributed by atoms with E-state index < -0.39 is 6.10 Å². The third-order valence-electron chi connectivity index (χ3n) is 4.72. The van der Waals surface area contributed by atoms with E-state index in [0.717, 1.165) is 25.3 Å². The Bertz CT molecular complexity index is 688. The van der Waals surface area contributed by atoms with Crippen LogP contribution in [-0.2, 0) is 24.3 Å². The number of nitrogens with one attached hydrogen (secondary N) is 1. The SMILES string of the molecule is CN1CC[C@H](O)[C@H](C(=O)NCc2nncn2CCc2ccccc2)C1. The predicted molar refractivity (Wildman–Crippen MR) is 93.6 cm³/mol. The Morgan fingerprint density at radius 2 is 2.16 bits per heavy atom. The normalized spacial score (nSPS) is 21.2. The number of rotatable bonds is 6. The van der Waals surface area contributed by atoms with Crippen LogP contribution in [0, 0.1) is 5.92 Å². The first-order valence-corrected chi connectivity index (χ1v) is 8.68. The highest BCUT2D eigenvalue weighted by Crippen LogP contribution is 2.16. The quantitative estimate of drug-likeness (QED) is 0.796. The number of carbonyl (C=O) groups excluding carboxylic acids is 1. The summed E-state index contributed by atoms with van der Waals surface area (Å²) in [4.78, 5) is 14.5. The van der Waals surface area contributed by atoms with E-state index in [-0.39, 0.29) is 11.8 Å². The van der Waals surface area contributed by atoms with Crippen LogP contribution in [0.4, 0.5) is 0 Å². The van der Waals surface area contributed by atoms with Crippen LogP contribution in [0.1, 0.15) is 17.8 Å². The van der Waals surface area contributed by atoms with E-state index in [1.807, 2.05) is 29.8 Å². The topological polar surface area (TPSA) is 83.3 Å². The van der Waals surface area contributed by atoms with Crippen molar-refractivity contribution in [1.29, 1.82) is 0 Å². The summed E-state index contributed by atoms with van der Waals surface area (Å²) in [5, 5.41) is 21.0. The van der Waals surface area contributed by atoms with Gasteiger partial charge in [0.15, 0.2) is 5.82 Å². The minimum absolute atomic E-state index is 0.128. The van der Waals surface area contributed by atoms with E-state index in [9.17, 15) is 9.90 Å². The van der Waals surface area contributed by atoms with Crippen molar-refractivity contribution in [2.45, 2.75) is 32.0 Å². The highest BCUT2D eigenvalue weighted by atomic mass is 16.3. The van der Waals surface area contributed by atoms with Gasteiger partial charge in [0.05, 0.1) is 18.6 Å². The van der Waals surface area contributed by atoms with Gasteiger partial charge in [0, 0.05) is 19.6 Å². The average molecular weight is 343 g/mol. The third-order valence-corrected chi connectivity index (χ3v) is 4.72. The van der Waals surface area contributed by atoms with Gasteiger partial charge >= 0.3 is 0 Å². The highest BCUT2D eigenvalue weighted by molar-refractivity contribution is 5.79. The first-order chi connectivity index (χ1) is 12.1. The predicted octanol–water partition coefficient (Wildman–Crippen LogP) is 0.450. The number of aryl methyl sites for hydroxylation is 2. The molecule has 0 bridgehead atoms. The fourth-order valence-electron chi connectivity index (χ4n) is 3.15. The molecule has 1 fully saturated rings. The van der Waals surface area contributed by atoms with Gasteiger partial charge in [-0.1, -0.05) is 30.3 Å². The molecule has 1 aliphatic rings. The Hall–Kier alpha value is -2.25. The van der Waals surface area contributed by atoms with Crippen LogP contribution in [-0.4, -0.2) is 56.9 Å². The molecule has 7 nitrogen and oxygen atoms in total. The van der Waals surface area contributed by atoms with Crippen molar-refractivity contribution in [3.05, 3.63) is 48.0 Å². The summed E-state index contributed by atoms with van der Waals surface area (Å²) < 4.78 is 1.96. The zero-order valence-corrected chi connectivity index (χ0v) is 14.5. The molecule has 0 spiro atoms. The molecular formula is C18H25N5O2. The van der Waals surface area contributed by atoms with E-state index in [0.29, 0.717) is 19.5 Å². The zero-order valence-electron chi connectivity index (χ0n) is 14.5. The fraction of sp³-hybridized carbons (Fsp3) is 0.500. The lowest BCUT2D eigenvalue weighted by Crippen LogP contribution is -2.48. The van der Waals surface area contributed by atoms with Crippen LogP contribution in [0.3, 0.4) is 0 Å². The minimum atomic E-state index is -0.577. The molecule has 1 saturated heterocycles. The van der Waals surface area contributed by atoms with Gasteiger partial charge in [-0.05, 0) is 25.5 Å². The number of hydrogen-bond acceptors (Lipinski definition) is 5. The molecule has 1 aromatic heterocycles. The molecule has 2 aromatic rings. The fourth-order valence-corrected chi connectivity index (χ4v) is 3.15. The lowest BCUT2D eigenvalue weighted by Gasteiger charge is -2.32. The summed E-state index contributed by atoms with van der Waals surface area (Å²) in [6, 6.07) is 10.2. The highest BCUT2D eigenvalue weighted by Gasteiger charge is 2.31. The van der Waals surface area contributed by atoms with Crippen LogP contribution in [0.25, 0.3) is 0 Å². The number of amides is 1. The van der Waals surface area contributed by atoms with Crippen molar-refractivity contribution in [3.63, 3.8) is 0 Å². The summed E-state index contributed by atoms with van der Waals surface area (Å²) in [5.74, 6) is 0.207. The van der Waals surface area contributed by atoms with Crippen LogP contribution >= 0.6 is 0 Å². The Morgan fingerprint density at radius 1 is 1.36 bits per heavy atom. The van der Waals surface area contributed by atoms with Crippen molar-refractivity contribution >= 4 is 5.91 Å². The van der Waals surface area contributed by atoms with Crippen LogP contribution in [0.2, 0.25) is 0 Å². The maximum Gasteiger partial charge on any atom is 0.227 e. The number of aliphatic hydroxyl groups is 1. The first-order valence-electron chi connectivity index (χ1n) is 8.68. The van der Waals surface area contributed by atoms with Gasteiger partial charge in [-0.15, -0.1) is 10.2 Å². The number of aromatic nitrogens is 3. The van der Waals surface area contributed by atoms with Crippen molar-refractivity contribution < 1.29 is 9.90 Å². The average Bonchev–Trinajstić information content (AvgIpc) is 3.08. The molecule has 0 aliphatic carbocycles. The molecule has 2 N–H and O–H groups in total.